The van der Waals surface area contributed by atoms with E-state index in [0.717, 1.165) is 6.08 Å². The number of benzene rings is 3. The quantitative estimate of drug-likeness (QED) is 0.341. The van der Waals surface area contributed by atoms with E-state index in [-0.39, 0.29) is 16.8 Å². The lowest BCUT2D eigenvalue weighted by Gasteiger charge is -2.28. The molecule has 1 unspecified atom stereocenters. The molecule has 0 saturated carbocycles. The Morgan fingerprint density at radius 1 is 1.03 bits per heavy atom. The second-order valence-corrected chi connectivity index (χ2v) is 7.49. The summed E-state index contributed by atoms with van der Waals surface area (Å²) in [7, 11) is 1.39. The Labute approximate surface area is 195 Å². The van der Waals surface area contributed by atoms with Crippen LogP contribution in [-0.4, -0.2) is 19.2 Å². The van der Waals surface area contributed by atoms with Gasteiger partial charge in [-0.15, -0.1) is 0 Å². The van der Waals surface area contributed by atoms with E-state index in [1.807, 2.05) is 0 Å². The van der Waals surface area contributed by atoms with Gasteiger partial charge in [0.1, 0.15) is 11.6 Å². The maximum atomic E-state index is 14.2. The second-order valence-electron chi connectivity index (χ2n) is 7.49. The number of hydrogen-bond donors (Lipinski definition) is 3. The fraction of sp³-hybridized carbons (Fsp3) is 0.125. The number of carbonyl (C=O) groups is 1. The molecule has 3 N–H and O–H groups in total. The van der Waals surface area contributed by atoms with Gasteiger partial charge in [-0.2, -0.15) is 13.2 Å². The summed E-state index contributed by atoms with van der Waals surface area (Å²) in [6, 6.07) is 11.1. The maximum absolute atomic E-state index is 14.2. The number of amides is 1. The van der Waals surface area contributed by atoms with E-state index in [9.17, 15) is 26.7 Å². The minimum Gasteiger partial charge on any atom is -0.327 e. The van der Waals surface area contributed by atoms with Crippen LogP contribution in [0.5, 0.6) is 0 Å². The Morgan fingerprint density at radius 3 is 2.37 bits per heavy atom. The van der Waals surface area contributed by atoms with Crippen LogP contribution < -0.4 is 16.3 Å². The molecule has 182 valence electrons. The van der Waals surface area contributed by atoms with Crippen LogP contribution in [0.25, 0.3) is 16.5 Å². The monoisotopic (exact) mass is 491 g/mol. The van der Waals surface area contributed by atoms with Gasteiger partial charge in [-0.3, -0.25) is 25.4 Å². The van der Waals surface area contributed by atoms with Crippen molar-refractivity contribution < 1.29 is 36.4 Å². The van der Waals surface area contributed by atoms with Gasteiger partial charge in [-0.1, -0.05) is 30.3 Å². The lowest BCUT2D eigenvalue weighted by atomic mass is 9.90. The summed E-state index contributed by atoms with van der Waals surface area (Å²) in [6.07, 6.45) is -1.66. The Morgan fingerprint density at radius 2 is 1.71 bits per heavy atom. The van der Waals surface area contributed by atoms with Gasteiger partial charge in [0.05, 0.1) is 12.8 Å². The van der Waals surface area contributed by atoms with Crippen LogP contribution >= 0.6 is 0 Å². The molecular weight excluding hydrogens is 473 g/mol. The van der Waals surface area contributed by atoms with Crippen molar-refractivity contribution in [3.8, 4) is 0 Å². The summed E-state index contributed by atoms with van der Waals surface area (Å²) in [5.41, 5.74) is 1.24. The fourth-order valence-electron chi connectivity index (χ4n) is 3.77. The summed E-state index contributed by atoms with van der Waals surface area (Å²) < 4.78 is 70.1. The molecule has 11 heteroatoms. The normalized spacial score (nSPS) is 17.9. The van der Waals surface area contributed by atoms with Gasteiger partial charge < -0.3 is 5.32 Å². The molecule has 3 aromatic carbocycles. The zero-order valence-corrected chi connectivity index (χ0v) is 18.0. The summed E-state index contributed by atoms with van der Waals surface area (Å²) >= 11 is 0. The van der Waals surface area contributed by atoms with Gasteiger partial charge in [0.25, 0.3) is 5.91 Å². The summed E-state index contributed by atoms with van der Waals surface area (Å²) in [5.74, 6) is -2.82. The molecular formula is C24H18F5N3O3. The van der Waals surface area contributed by atoms with Gasteiger partial charge in [-0.25, -0.2) is 8.78 Å². The molecule has 0 saturated heterocycles. The number of nitrogens with one attached hydrogen (secondary N) is 3. The third-order valence-electron chi connectivity index (χ3n) is 5.32. The number of halogens is 5. The third-order valence-corrected chi connectivity index (χ3v) is 5.32. The Kier molecular flexibility index (Phi) is 6.46. The molecule has 3 aromatic rings. The van der Waals surface area contributed by atoms with Crippen LogP contribution in [0.4, 0.5) is 22.0 Å². The predicted octanol–water partition coefficient (Wildman–Crippen LogP) is 4.80. The molecule has 1 heterocycles. The van der Waals surface area contributed by atoms with Crippen molar-refractivity contribution in [1.29, 1.82) is 0 Å². The van der Waals surface area contributed by atoms with Crippen molar-refractivity contribution in [1.82, 2.24) is 16.3 Å². The average molecular weight is 491 g/mol. The summed E-state index contributed by atoms with van der Waals surface area (Å²) in [4.78, 5) is 22.2. The summed E-state index contributed by atoms with van der Waals surface area (Å²) in [5, 5.41) is 3.45. The number of hydrogen-bond acceptors (Lipinski definition) is 5. The van der Waals surface area contributed by atoms with E-state index in [2.05, 4.69) is 21.1 Å². The fourth-order valence-corrected chi connectivity index (χ4v) is 3.77. The first-order valence-electron chi connectivity index (χ1n) is 10.1. The van der Waals surface area contributed by atoms with Crippen LogP contribution in [0.2, 0.25) is 0 Å². The first-order valence-corrected chi connectivity index (χ1v) is 10.1. The van der Waals surface area contributed by atoms with Crippen molar-refractivity contribution in [3.63, 3.8) is 0 Å². The predicted molar refractivity (Wildman–Crippen MR) is 117 cm³/mol. The van der Waals surface area contributed by atoms with Crippen molar-refractivity contribution >= 4 is 22.4 Å². The number of hydroxylamine groups is 2. The molecule has 0 fully saturated rings. The molecule has 1 aliphatic heterocycles. The van der Waals surface area contributed by atoms with Crippen molar-refractivity contribution in [2.45, 2.75) is 11.8 Å². The standard InChI is InChI=1S/C24H18F5N3O3/c1-34-31-9-8-30-22(33)20-7-6-19(17-4-2-3-5-18(17)20)21-13-23(35-32-21,24(27,28)29)14-10-15(25)12-16(26)11-14/h2-13,31-32H,1H3,(H,30,33). The largest absolute Gasteiger partial charge is 0.428 e. The van der Waals surface area contributed by atoms with Crippen LogP contribution in [0, 0.1) is 11.6 Å². The van der Waals surface area contributed by atoms with E-state index in [0.29, 0.717) is 29.0 Å². The third kappa shape index (κ3) is 4.55. The highest BCUT2D eigenvalue weighted by molar-refractivity contribution is 6.10. The molecule has 1 amide bonds. The topological polar surface area (TPSA) is 71.6 Å². The highest BCUT2D eigenvalue weighted by atomic mass is 19.4. The van der Waals surface area contributed by atoms with E-state index in [1.54, 1.807) is 24.3 Å². The molecule has 0 spiro atoms. The number of alkyl halides is 3. The zero-order chi connectivity index (χ0) is 25.2. The van der Waals surface area contributed by atoms with Gasteiger partial charge in [-0.05, 0) is 35.0 Å². The van der Waals surface area contributed by atoms with E-state index in [4.69, 9.17) is 4.84 Å². The molecule has 1 atom stereocenters. The van der Waals surface area contributed by atoms with Gasteiger partial charge >= 0.3 is 6.18 Å². The first-order chi connectivity index (χ1) is 16.7. The molecule has 6 nitrogen and oxygen atoms in total. The Bertz CT molecular complexity index is 1320. The number of carbonyl (C=O) groups excluding carboxylic acids is 1. The smallest absolute Gasteiger partial charge is 0.327 e. The first kappa shape index (κ1) is 24.2. The van der Waals surface area contributed by atoms with Crippen molar-refractivity contribution in [2.24, 2.45) is 0 Å². The highest BCUT2D eigenvalue weighted by Crippen LogP contribution is 2.48. The molecule has 4 rings (SSSR count). The Balaban J connectivity index is 1.80. The molecule has 1 aliphatic rings. The van der Waals surface area contributed by atoms with Crippen LogP contribution in [0.3, 0.4) is 0 Å². The molecule has 35 heavy (non-hydrogen) atoms. The van der Waals surface area contributed by atoms with Crippen LogP contribution in [-0.2, 0) is 15.3 Å². The lowest BCUT2D eigenvalue weighted by molar-refractivity contribution is -0.269. The maximum Gasteiger partial charge on any atom is 0.428 e. The lowest BCUT2D eigenvalue weighted by Crippen LogP contribution is -2.42. The molecule has 0 aromatic heterocycles. The van der Waals surface area contributed by atoms with E-state index in [1.165, 1.54) is 31.6 Å². The summed E-state index contributed by atoms with van der Waals surface area (Å²) in [6.45, 7) is 0. The van der Waals surface area contributed by atoms with E-state index < -0.39 is 34.9 Å². The number of fused-ring (bicyclic) bond motifs is 1. The molecule has 0 radical (unpaired) electrons. The van der Waals surface area contributed by atoms with Gasteiger partial charge in [0, 0.05) is 35.2 Å². The van der Waals surface area contributed by atoms with E-state index >= 15 is 0 Å². The molecule has 0 aliphatic carbocycles. The minimum atomic E-state index is -5.06. The van der Waals surface area contributed by atoms with Crippen LogP contribution in [0.1, 0.15) is 21.5 Å². The minimum absolute atomic E-state index is 0.0839. The second kappa shape index (κ2) is 9.35. The van der Waals surface area contributed by atoms with Gasteiger partial charge in [0.2, 0.25) is 5.60 Å². The van der Waals surface area contributed by atoms with Crippen molar-refractivity contribution in [3.05, 3.63) is 101 Å². The van der Waals surface area contributed by atoms with Crippen LogP contribution in [0.15, 0.2) is 73.1 Å². The van der Waals surface area contributed by atoms with Crippen molar-refractivity contribution in [2.75, 3.05) is 7.11 Å². The zero-order valence-electron chi connectivity index (χ0n) is 18.0. The Hall–Kier alpha value is -3.96. The SMILES string of the molecule is CONC=CNC(=O)c1ccc(C2=CC(c3cc(F)cc(F)c3)(C(F)(F)F)ON2)c2ccccc12. The molecule has 0 bridgehead atoms. The van der Waals surface area contributed by atoms with Gasteiger partial charge in [0.15, 0.2) is 0 Å². The average Bonchev–Trinajstić information content (AvgIpc) is 3.27. The highest BCUT2D eigenvalue weighted by Gasteiger charge is 2.60. The number of rotatable bonds is 6.